The molecule has 0 radical (unpaired) electrons. The maximum Gasteiger partial charge on any atom is 0.326 e. The van der Waals surface area contributed by atoms with Crippen LogP contribution in [0.2, 0.25) is 5.02 Å². The monoisotopic (exact) mass is 396 g/mol. The molecule has 140 valence electrons. The van der Waals surface area contributed by atoms with Gasteiger partial charge in [-0.2, -0.15) is 0 Å². The highest BCUT2D eigenvalue weighted by atomic mass is 35.5. The van der Waals surface area contributed by atoms with E-state index in [0.29, 0.717) is 27.5 Å². The molecule has 0 bridgehead atoms. The third-order valence-electron chi connectivity index (χ3n) is 3.95. The number of carbonyl (C=O) groups is 1. The SMILES string of the molecule is O=C(Cn1c(=O)cnc2ccccc21)OCc1nnc(-c2ccc(Cl)cc2)o1. The first-order valence-electron chi connectivity index (χ1n) is 8.29. The molecule has 2 aromatic heterocycles. The summed E-state index contributed by atoms with van der Waals surface area (Å²) in [5.41, 5.74) is 1.47. The van der Waals surface area contributed by atoms with Crippen LogP contribution < -0.4 is 5.56 Å². The van der Waals surface area contributed by atoms with Crippen LogP contribution in [0.4, 0.5) is 0 Å². The van der Waals surface area contributed by atoms with Gasteiger partial charge in [-0.1, -0.05) is 23.7 Å². The molecule has 0 aliphatic rings. The summed E-state index contributed by atoms with van der Waals surface area (Å²) >= 11 is 5.85. The Morgan fingerprint density at radius 1 is 1.11 bits per heavy atom. The fourth-order valence-electron chi connectivity index (χ4n) is 2.62. The molecule has 0 saturated carbocycles. The lowest BCUT2D eigenvalue weighted by atomic mass is 10.2. The average molecular weight is 397 g/mol. The summed E-state index contributed by atoms with van der Waals surface area (Å²) in [5, 5.41) is 8.37. The van der Waals surface area contributed by atoms with E-state index in [1.54, 1.807) is 48.5 Å². The van der Waals surface area contributed by atoms with Crippen LogP contribution in [-0.4, -0.2) is 25.7 Å². The fraction of sp³-hybridized carbons (Fsp3) is 0.105. The maximum absolute atomic E-state index is 12.2. The van der Waals surface area contributed by atoms with Crippen LogP contribution >= 0.6 is 11.6 Å². The average Bonchev–Trinajstić information content (AvgIpc) is 3.18. The Hall–Kier alpha value is -3.52. The molecule has 0 fully saturated rings. The Morgan fingerprint density at radius 3 is 2.71 bits per heavy atom. The summed E-state index contributed by atoms with van der Waals surface area (Å²) in [6.07, 6.45) is 1.17. The normalized spacial score (nSPS) is 10.9. The summed E-state index contributed by atoms with van der Waals surface area (Å²) in [4.78, 5) is 28.3. The molecule has 0 aliphatic heterocycles. The highest BCUT2D eigenvalue weighted by Gasteiger charge is 2.13. The summed E-state index contributed by atoms with van der Waals surface area (Å²) < 4.78 is 12.0. The Labute approximate surface area is 163 Å². The van der Waals surface area contributed by atoms with E-state index in [1.165, 1.54) is 10.8 Å². The molecule has 28 heavy (non-hydrogen) atoms. The van der Waals surface area contributed by atoms with Gasteiger partial charge >= 0.3 is 5.97 Å². The standard InChI is InChI=1S/C19H13ClN4O4/c20-13-7-5-12(6-8-13)19-23-22-16(28-19)11-27-18(26)10-24-15-4-2-1-3-14(15)21-9-17(24)25/h1-9H,10-11H2. The van der Waals surface area contributed by atoms with E-state index < -0.39 is 11.5 Å². The lowest BCUT2D eigenvalue weighted by molar-refractivity contribution is -0.146. The van der Waals surface area contributed by atoms with Crippen LogP contribution in [0.1, 0.15) is 5.89 Å². The summed E-state index contributed by atoms with van der Waals surface area (Å²) in [7, 11) is 0. The predicted molar refractivity (Wildman–Crippen MR) is 101 cm³/mol. The van der Waals surface area contributed by atoms with Crippen molar-refractivity contribution < 1.29 is 13.9 Å². The zero-order valence-electron chi connectivity index (χ0n) is 14.4. The highest BCUT2D eigenvalue weighted by molar-refractivity contribution is 6.30. The van der Waals surface area contributed by atoms with E-state index in [0.717, 1.165) is 0 Å². The zero-order chi connectivity index (χ0) is 19.5. The number of benzene rings is 2. The van der Waals surface area contributed by atoms with Crippen LogP contribution in [0.3, 0.4) is 0 Å². The minimum atomic E-state index is -0.607. The first-order valence-corrected chi connectivity index (χ1v) is 8.66. The number of nitrogens with zero attached hydrogens (tertiary/aromatic N) is 4. The molecule has 9 heteroatoms. The summed E-state index contributed by atoms with van der Waals surface area (Å²) in [6.45, 7) is -0.447. The van der Waals surface area contributed by atoms with Crippen molar-refractivity contribution in [3.8, 4) is 11.5 Å². The number of ether oxygens (including phenoxy) is 1. The Balaban J connectivity index is 1.44. The number of rotatable bonds is 5. The molecule has 0 atom stereocenters. The minimum Gasteiger partial charge on any atom is -0.454 e. The minimum absolute atomic E-state index is 0.144. The van der Waals surface area contributed by atoms with Gasteiger partial charge in [0, 0.05) is 10.6 Å². The van der Waals surface area contributed by atoms with Crippen LogP contribution in [0.15, 0.2) is 63.9 Å². The molecule has 0 spiro atoms. The Bertz CT molecular complexity index is 1200. The van der Waals surface area contributed by atoms with Crippen molar-refractivity contribution in [2.75, 3.05) is 0 Å². The van der Waals surface area contributed by atoms with Crippen LogP contribution in [-0.2, 0) is 22.7 Å². The van der Waals surface area contributed by atoms with Gasteiger partial charge in [0.05, 0.1) is 17.2 Å². The highest BCUT2D eigenvalue weighted by Crippen LogP contribution is 2.20. The van der Waals surface area contributed by atoms with E-state index in [-0.39, 0.29) is 19.0 Å². The number of carbonyl (C=O) groups excluding carboxylic acids is 1. The molecular formula is C19H13ClN4O4. The predicted octanol–water partition coefficient (Wildman–Crippen LogP) is 2.84. The Morgan fingerprint density at radius 2 is 1.89 bits per heavy atom. The number of hydrogen-bond acceptors (Lipinski definition) is 7. The van der Waals surface area contributed by atoms with Gasteiger partial charge in [0.25, 0.3) is 11.4 Å². The van der Waals surface area contributed by atoms with Crippen LogP contribution in [0, 0.1) is 0 Å². The molecule has 2 heterocycles. The van der Waals surface area contributed by atoms with E-state index in [9.17, 15) is 9.59 Å². The summed E-state index contributed by atoms with van der Waals surface area (Å²) in [6, 6.07) is 13.9. The zero-order valence-corrected chi connectivity index (χ0v) is 15.2. The first-order chi connectivity index (χ1) is 13.6. The number of hydrogen-bond donors (Lipinski definition) is 0. The second-order valence-corrected chi connectivity index (χ2v) is 6.28. The van der Waals surface area contributed by atoms with E-state index in [1.807, 2.05) is 0 Å². The number of fused-ring (bicyclic) bond motifs is 1. The smallest absolute Gasteiger partial charge is 0.326 e. The van der Waals surface area contributed by atoms with Gasteiger partial charge in [-0.25, -0.2) is 4.98 Å². The topological polar surface area (TPSA) is 100 Å². The quantitative estimate of drug-likeness (QED) is 0.478. The molecule has 2 aromatic carbocycles. The van der Waals surface area contributed by atoms with Crippen LogP contribution in [0.5, 0.6) is 0 Å². The van der Waals surface area contributed by atoms with Crippen LogP contribution in [0.25, 0.3) is 22.5 Å². The molecule has 4 rings (SSSR count). The molecule has 0 aliphatic carbocycles. The molecular weight excluding hydrogens is 384 g/mol. The number of halogens is 1. The maximum atomic E-state index is 12.2. The van der Waals surface area contributed by atoms with Gasteiger partial charge < -0.3 is 9.15 Å². The summed E-state index contributed by atoms with van der Waals surface area (Å²) in [5.74, 6) is -0.172. The van der Waals surface area contributed by atoms with E-state index in [2.05, 4.69) is 15.2 Å². The van der Waals surface area contributed by atoms with E-state index >= 15 is 0 Å². The lowest BCUT2D eigenvalue weighted by Crippen LogP contribution is -2.25. The molecule has 0 unspecified atom stereocenters. The largest absolute Gasteiger partial charge is 0.454 e. The second kappa shape index (κ2) is 7.61. The molecule has 4 aromatic rings. The fourth-order valence-corrected chi connectivity index (χ4v) is 2.74. The van der Waals surface area contributed by atoms with Gasteiger partial charge in [0.15, 0.2) is 6.61 Å². The lowest BCUT2D eigenvalue weighted by Gasteiger charge is -2.08. The van der Waals surface area contributed by atoms with Crippen molar-refractivity contribution in [2.45, 2.75) is 13.2 Å². The molecule has 0 N–H and O–H groups in total. The number of esters is 1. The van der Waals surface area contributed by atoms with Gasteiger partial charge in [-0.05, 0) is 36.4 Å². The van der Waals surface area contributed by atoms with Crippen molar-refractivity contribution in [1.82, 2.24) is 19.7 Å². The van der Waals surface area contributed by atoms with E-state index in [4.69, 9.17) is 20.8 Å². The Kier molecular flexibility index (Phi) is 4.86. The van der Waals surface area contributed by atoms with Gasteiger partial charge in [-0.15, -0.1) is 10.2 Å². The third-order valence-corrected chi connectivity index (χ3v) is 4.21. The van der Waals surface area contributed by atoms with Crippen molar-refractivity contribution in [2.24, 2.45) is 0 Å². The second-order valence-electron chi connectivity index (χ2n) is 5.84. The third kappa shape index (κ3) is 3.77. The van der Waals surface area contributed by atoms with Gasteiger partial charge in [-0.3, -0.25) is 14.2 Å². The van der Waals surface area contributed by atoms with Gasteiger partial charge in [0.1, 0.15) is 6.54 Å². The molecule has 8 nitrogen and oxygen atoms in total. The van der Waals surface area contributed by atoms with Gasteiger partial charge in [0.2, 0.25) is 5.89 Å². The van der Waals surface area contributed by atoms with Crippen molar-refractivity contribution in [3.05, 3.63) is 76.0 Å². The molecule has 0 saturated heterocycles. The first kappa shape index (κ1) is 17.9. The van der Waals surface area contributed by atoms with Crippen molar-refractivity contribution in [1.29, 1.82) is 0 Å². The van der Waals surface area contributed by atoms with Crippen molar-refractivity contribution >= 4 is 28.6 Å². The number of aromatic nitrogens is 4. The van der Waals surface area contributed by atoms with Crippen molar-refractivity contribution in [3.63, 3.8) is 0 Å². The number of para-hydroxylation sites is 2. The molecule has 0 amide bonds.